The number of rotatable bonds is 3. The summed E-state index contributed by atoms with van der Waals surface area (Å²) < 4.78 is 36.3. The van der Waals surface area contributed by atoms with Gasteiger partial charge in [0.15, 0.2) is 0 Å². The molecule has 0 saturated carbocycles. The van der Waals surface area contributed by atoms with Crippen LogP contribution in [0.2, 0.25) is 0 Å². The number of halogens is 3. The number of aromatic nitrogens is 2. The molecule has 1 aliphatic heterocycles. The van der Waals surface area contributed by atoms with Gasteiger partial charge in [-0.1, -0.05) is 0 Å². The molecule has 5 nitrogen and oxygen atoms in total. The minimum absolute atomic E-state index is 0.303. The van der Waals surface area contributed by atoms with Crippen molar-refractivity contribution in [2.24, 2.45) is 0 Å². The van der Waals surface area contributed by atoms with E-state index in [-0.39, 0.29) is 6.04 Å². The fourth-order valence-corrected chi connectivity index (χ4v) is 2.19. The molecule has 0 unspecified atom stereocenters. The van der Waals surface area contributed by atoms with E-state index in [1.807, 2.05) is 4.90 Å². The standard InChI is InChI=1S/C12H15F3N4O/c13-12(14,15)7-10(20)18-9-3-1-6-19(8-9)11-16-4-2-5-17-11/h2,4-5,9H,1,3,6-8H2,(H,18,20)/t9-/m1/s1. The molecule has 1 aromatic heterocycles. The smallest absolute Gasteiger partial charge is 0.351 e. The molecule has 2 rings (SSSR count). The van der Waals surface area contributed by atoms with Crippen LogP contribution in [0, 0.1) is 0 Å². The first-order chi connectivity index (χ1) is 9.44. The van der Waals surface area contributed by atoms with Gasteiger partial charge < -0.3 is 10.2 Å². The molecule has 1 atom stereocenters. The molecule has 0 radical (unpaired) electrons. The second-order valence-electron chi connectivity index (χ2n) is 4.69. The molecule has 0 spiro atoms. The molecule has 20 heavy (non-hydrogen) atoms. The topological polar surface area (TPSA) is 58.1 Å². The predicted molar refractivity (Wildman–Crippen MR) is 66.1 cm³/mol. The summed E-state index contributed by atoms with van der Waals surface area (Å²) in [5, 5.41) is 2.42. The van der Waals surface area contributed by atoms with Gasteiger partial charge in [0.2, 0.25) is 11.9 Å². The molecule has 2 heterocycles. The van der Waals surface area contributed by atoms with Crippen molar-refractivity contribution >= 4 is 11.9 Å². The van der Waals surface area contributed by atoms with Gasteiger partial charge in [-0.05, 0) is 18.9 Å². The van der Waals surface area contributed by atoms with Crippen LogP contribution in [0.5, 0.6) is 0 Å². The highest BCUT2D eigenvalue weighted by Crippen LogP contribution is 2.20. The minimum atomic E-state index is -4.47. The first-order valence-electron chi connectivity index (χ1n) is 6.32. The number of hydrogen-bond acceptors (Lipinski definition) is 4. The maximum Gasteiger partial charge on any atom is 0.397 e. The van der Waals surface area contributed by atoms with Gasteiger partial charge >= 0.3 is 6.18 Å². The van der Waals surface area contributed by atoms with E-state index in [4.69, 9.17) is 0 Å². The average Bonchev–Trinajstić information content (AvgIpc) is 2.38. The second kappa shape index (κ2) is 6.06. The largest absolute Gasteiger partial charge is 0.397 e. The van der Waals surface area contributed by atoms with Crippen LogP contribution in [-0.4, -0.2) is 41.2 Å². The molecule has 0 aliphatic carbocycles. The van der Waals surface area contributed by atoms with Crippen LogP contribution < -0.4 is 10.2 Å². The number of amides is 1. The quantitative estimate of drug-likeness (QED) is 0.916. The fourth-order valence-electron chi connectivity index (χ4n) is 2.19. The van der Waals surface area contributed by atoms with Gasteiger partial charge in [-0.25, -0.2) is 9.97 Å². The van der Waals surface area contributed by atoms with Crippen LogP contribution in [0.25, 0.3) is 0 Å². The Bertz CT molecular complexity index is 452. The Kier molecular flexibility index (Phi) is 4.41. The van der Waals surface area contributed by atoms with E-state index < -0.39 is 18.5 Å². The van der Waals surface area contributed by atoms with E-state index >= 15 is 0 Å². The van der Waals surface area contributed by atoms with Crippen molar-refractivity contribution < 1.29 is 18.0 Å². The van der Waals surface area contributed by atoms with Gasteiger partial charge in [-0.3, -0.25) is 4.79 Å². The summed E-state index contributed by atoms with van der Waals surface area (Å²) in [6.07, 6.45) is -1.27. The molecular formula is C12H15F3N4O. The number of hydrogen-bond donors (Lipinski definition) is 1. The van der Waals surface area contributed by atoms with Crippen molar-refractivity contribution in [3.8, 4) is 0 Å². The lowest BCUT2D eigenvalue weighted by molar-refractivity contribution is -0.154. The number of nitrogens with one attached hydrogen (secondary N) is 1. The number of carbonyl (C=O) groups excluding carboxylic acids is 1. The molecule has 1 fully saturated rings. The van der Waals surface area contributed by atoms with Crippen molar-refractivity contribution in [1.29, 1.82) is 0 Å². The number of nitrogens with zero attached hydrogens (tertiary/aromatic N) is 3. The average molecular weight is 288 g/mol. The van der Waals surface area contributed by atoms with Crippen molar-refractivity contribution in [3.63, 3.8) is 0 Å². The highest BCUT2D eigenvalue weighted by molar-refractivity contribution is 5.77. The third kappa shape index (κ3) is 4.36. The molecule has 1 aliphatic rings. The Morgan fingerprint density at radius 1 is 1.40 bits per heavy atom. The molecule has 1 saturated heterocycles. The Morgan fingerprint density at radius 2 is 2.10 bits per heavy atom. The van der Waals surface area contributed by atoms with Crippen molar-refractivity contribution in [3.05, 3.63) is 18.5 Å². The van der Waals surface area contributed by atoms with E-state index in [0.29, 0.717) is 18.9 Å². The van der Waals surface area contributed by atoms with Gasteiger partial charge in [-0.15, -0.1) is 0 Å². The SMILES string of the molecule is O=C(CC(F)(F)F)N[C@@H]1CCCN(c2ncccn2)C1. The normalized spacial score (nSPS) is 19.8. The predicted octanol–water partition coefficient (Wildman–Crippen LogP) is 1.51. The third-order valence-corrected chi connectivity index (χ3v) is 2.98. The molecule has 1 N–H and O–H groups in total. The molecule has 0 bridgehead atoms. The van der Waals surface area contributed by atoms with E-state index in [1.54, 1.807) is 18.5 Å². The number of piperidine rings is 1. The highest BCUT2D eigenvalue weighted by Gasteiger charge is 2.32. The van der Waals surface area contributed by atoms with Crippen LogP contribution in [0.3, 0.4) is 0 Å². The fraction of sp³-hybridized carbons (Fsp3) is 0.583. The summed E-state index contributed by atoms with van der Waals surface area (Å²) in [6.45, 7) is 1.16. The lowest BCUT2D eigenvalue weighted by Gasteiger charge is -2.33. The van der Waals surface area contributed by atoms with Crippen LogP contribution in [0.15, 0.2) is 18.5 Å². The maximum atomic E-state index is 12.1. The van der Waals surface area contributed by atoms with Crippen LogP contribution in [0.4, 0.5) is 19.1 Å². The maximum absolute atomic E-state index is 12.1. The monoisotopic (exact) mass is 288 g/mol. The highest BCUT2D eigenvalue weighted by atomic mass is 19.4. The van der Waals surface area contributed by atoms with E-state index in [9.17, 15) is 18.0 Å². The zero-order chi connectivity index (χ0) is 14.6. The summed E-state index contributed by atoms with van der Waals surface area (Å²) in [6, 6.07) is 1.39. The third-order valence-electron chi connectivity index (χ3n) is 2.98. The van der Waals surface area contributed by atoms with E-state index in [2.05, 4.69) is 15.3 Å². The molecule has 8 heteroatoms. The van der Waals surface area contributed by atoms with Crippen molar-refractivity contribution in [1.82, 2.24) is 15.3 Å². The number of alkyl halides is 3. The lowest BCUT2D eigenvalue weighted by Crippen LogP contribution is -2.48. The summed E-state index contributed by atoms with van der Waals surface area (Å²) in [5.74, 6) is -0.458. The summed E-state index contributed by atoms with van der Waals surface area (Å²) >= 11 is 0. The second-order valence-corrected chi connectivity index (χ2v) is 4.69. The van der Waals surface area contributed by atoms with E-state index in [0.717, 1.165) is 13.0 Å². The Balaban J connectivity index is 1.89. The summed E-state index contributed by atoms with van der Waals surface area (Å²) in [5.41, 5.74) is 0. The first-order valence-corrected chi connectivity index (χ1v) is 6.32. The Hall–Kier alpha value is -1.86. The molecule has 0 aromatic carbocycles. The van der Waals surface area contributed by atoms with Crippen LogP contribution >= 0.6 is 0 Å². The Labute approximate surface area is 114 Å². The molecule has 1 amide bonds. The van der Waals surface area contributed by atoms with Crippen molar-refractivity contribution in [2.75, 3.05) is 18.0 Å². The number of carbonyl (C=O) groups is 1. The van der Waals surface area contributed by atoms with Crippen molar-refractivity contribution in [2.45, 2.75) is 31.5 Å². The van der Waals surface area contributed by atoms with Gasteiger partial charge in [0.25, 0.3) is 0 Å². The van der Waals surface area contributed by atoms with Crippen LogP contribution in [-0.2, 0) is 4.79 Å². The molecular weight excluding hydrogens is 273 g/mol. The summed E-state index contributed by atoms with van der Waals surface area (Å²) in [7, 11) is 0. The zero-order valence-corrected chi connectivity index (χ0v) is 10.7. The summed E-state index contributed by atoms with van der Waals surface area (Å²) in [4.78, 5) is 21.3. The number of anilines is 1. The lowest BCUT2D eigenvalue weighted by atomic mass is 10.1. The Morgan fingerprint density at radius 3 is 2.75 bits per heavy atom. The van der Waals surface area contributed by atoms with Gasteiger partial charge in [0.05, 0.1) is 0 Å². The van der Waals surface area contributed by atoms with Gasteiger partial charge in [0, 0.05) is 31.5 Å². The zero-order valence-electron chi connectivity index (χ0n) is 10.7. The molecule has 1 aromatic rings. The van der Waals surface area contributed by atoms with Gasteiger partial charge in [0.1, 0.15) is 6.42 Å². The minimum Gasteiger partial charge on any atom is -0.351 e. The van der Waals surface area contributed by atoms with E-state index in [1.165, 1.54) is 0 Å². The first kappa shape index (κ1) is 14.5. The van der Waals surface area contributed by atoms with Gasteiger partial charge in [-0.2, -0.15) is 13.2 Å². The van der Waals surface area contributed by atoms with Crippen LogP contribution in [0.1, 0.15) is 19.3 Å². The molecule has 110 valence electrons.